The van der Waals surface area contributed by atoms with E-state index in [1.807, 2.05) is 30.3 Å². The molecule has 0 aliphatic carbocycles. The molecule has 2 rings (SSSR count). The summed E-state index contributed by atoms with van der Waals surface area (Å²) in [7, 11) is 3.32. The summed E-state index contributed by atoms with van der Waals surface area (Å²) in [4.78, 5) is 14.0. The fraction of sp³-hybridized carbons (Fsp3) is 0.133. The van der Waals surface area contributed by atoms with E-state index in [0.717, 1.165) is 11.4 Å². The fourth-order valence-electron chi connectivity index (χ4n) is 1.90. The molecule has 0 aliphatic rings. The van der Waals surface area contributed by atoms with Crippen LogP contribution in [0.5, 0.6) is 5.75 Å². The Morgan fingerprint density at radius 3 is 2.40 bits per heavy atom. The number of hydrogen-bond donors (Lipinski definition) is 2. The number of amides is 1. The first-order valence-electron chi connectivity index (χ1n) is 6.15. The van der Waals surface area contributed by atoms with E-state index in [2.05, 4.69) is 5.43 Å². The van der Waals surface area contributed by atoms with Crippen molar-refractivity contribution >= 4 is 17.3 Å². The van der Waals surface area contributed by atoms with E-state index in [4.69, 9.17) is 10.6 Å². The van der Waals surface area contributed by atoms with E-state index < -0.39 is 0 Å². The van der Waals surface area contributed by atoms with Crippen LogP contribution in [-0.2, 0) is 0 Å². The number of hydrazine groups is 1. The first-order chi connectivity index (χ1) is 9.67. The van der Waals surface area contributed by atoms with Crippen molar-refractivity contribution < 1.29 is 9.53 Å². The lowest BCUT2D eigenvalue weighted by Crippen LogP contribution is -2.27. The lowest BCUT2D eigenvalue weighted by atomic mass is 10.1. The molecule has 0 fully saturated rings. The number of para-hydroxylation sites is 1. The number of methoxy groups -OCH3 is 1. The molecule has 2 aromatic carbocycles. The summed E-state index contributed by atoms with van der Waals surface area (Å²) in [6.45, 7) is 0. The van der Waals surface area contributed by atoms with Crippen LogP contribution in [0.4, 0.5) is 11.4 Å². The van der Waals surface area contributed by atoms with Gasteiger partial charge >= 0.3 is 0 Å². The van der Waals surface area contributed by atoms with Crippen molar-refractivity contribution in [1.29, 1.82) is 0 Å². The van der Waals surface area contributed by atoms with Gasteiger partial charge in [0.2, 0.25) is 0 Å². The predicted octanol–water partition coefficient (Wildman–Crippen LogP) is 2.26. The molecule has 3 N–H and O–H groups in total. The number of nitrogens with two attached hydrogens (primary N) is 1. The highest BCUT2D eigenvalue weighted by atomic mass is 16.5. The summed E-state index contributed by atoms with van der Waals surface area (Å²) in [5.74, 6) is 6.04. The Bertz CT molecular complexity index is 596. The number of nitrogen functional groups attached to an aromatic ring is 1. The molecule has 0 saturated carbocycles. The molecule has 2 aromatic rings. The summed E-state index contributed by atoms with van der Waals surface area (Å²) in [6, 6.07) is 14.4. The van der Waals surface area contributed by atoms with Gasteiger partial charge in [-0.25, -0.2) is 0 Å². The molecule has 0 bridgehead atoms. The van der Waals surface area contributed by atoms with Crippen LogP contribution in [0, 0.1) is 0 Å². The number of carbonyl (C=O) groups excluding carboxylic acids is 1. The number of ether oxygens (including phenoxy) is 1. The quantitative estimate of drug-likeness (QED) is 0.661. The zero-order chi connectivity index (χ0) is 14.5. The van der Waals surface area contributed by atoms with Crippen LogP contribution in [0.2, 0.25) is 0 Å². The maximum Gasteiger partial charge on any atom is 0.260 e. The first kappa shape index (κ1) is 13.9. The van der Waals surface area contributed by atoms with Crippen molar-refractivity contribution in [3.05, 3.63) is 54.1 Å². The number of nitrogens with one attached hydrogen (secondary N) is 1. The summed E-state index contributed by atoms with van der Waals surface area (Å²) >= 11 is 0. The van der Waals surface area contributed by atoms with E-state index in [9.17, 15) is 4.79 Å². The summed E-state index contributed by atoms with van der Waals surface area (Å²) in [5, 5.41) is 0. The van der Waals surface area contributed by atoms with Crippen molar-refractivity contribution in [2.24, 2.45) is 5.84 Å². The van der Waals surface area contributed by atoms with E-state index in [0.29, 0.717) is 11.3 Å². The predicted molar refractivity (Wildman–Crippen MR) is 80.0 cm³/mol. The van der Waals surface area contributed by atoms with Gasteiger partial charge < -0.3 is 15.1 Å². The van der Waals surface area contributed by atoms with Gasteiger partial charge in [-0.05, 0) is 36.4 Å². The SMILES string of the molecule is COc1ccc(N(C)C(=O)c2ccccc2NN)cc1. The van der Waals surface area contributed by atoms with E-state index in [1.54, 1.807) is 37.3 Å². The Labute approximate surface area is 117 Å². The molecule has 0 radical (unpaired) electrons. The van der Waals surface area contributed by atoms with E-state index in [1.165, 1.54) is 0 Å². The minimum Gasteiger partial charge on any atom is -0.497 e. The van der Waals surface area contributed by atoms with Crippen LogP contribution >= 0.6 is 0 Å². The monoisotopic (exact) mass is 271 g/mol. The minimum absolute atomic E-state index is 0.135. The topological polar surface area (TPSA) is 67.6 Å². The molecule has 5 heteroatoms. The van der Waals surface area contributed by atoms with Crippen LogP contribution < -0.4 is 20.9 Å². The molecule has 0 atom stereocenters. The molecule has 0 spiro atoms. The number of benzene rings is 2. The molecule has 0 heterocycles. The largest absolute Gasteiger partial charge is 0.497 e. The Hall–Kier alpha value is -2.53. The van der Waals surface area contributed by atoms with Crippen molar-refractivity contribution in [3.8, 4) is 5.75 Å². The Morgan fingerprint density at radius 2 is 1.80 bits per heavy atom. The highest BCUT2D eigenvalue weighted by Gasteiger charge is 2.16. The van der Waals surface area contributed by atoms with Gasteiger partial charge in [0.25, 0.3) is 5.91 Å². The van der Waals surface area contributed by atoms with Gasteiger partial charge in [0.05, 0.1) is 18.4 Å². The number of anilines is 2. The summed E-state index contributed by atoms with van der Waals surface area (Å²) < 4.78 is 5.10. The van der Waals surface area contributed by atoms with Crippen LogP contribution in [0.25, 0.3) is 0 Å². The number of rotatable bonds is 4. The molecule has 20 heavy (non-hydrogen) atoms. The van der Waals surface area contributed by atoms with Crippen molar-refractivity contribution in [2.45, 2.75) is 0 Å². The molecule has 104 valence electrons. The van der Waals surface area contributed by atoms with Gasteiger partial charge in [0.1, 0.15) is 5.75 Å². The number of carbonyl (C=O) groups is 1. The second-order valence-corrected chi connectivity index (χ2v) is 4.25. The third kappa shape index (κ3) is 2.73. The van der Waals surface area contributed by atoms with Crippen LogP contribution in [0.3, 0.4) is 0 Å². The maximum absolute atomic E-state index is 12.5. The summed E-state index contributed by atoms with van der Waals surface area (Å²) in [6.07, 6.45) is 0. The van der Waals surface area contributed by atoms with E-state index in [-0.39, 0.29) is 5.91 Å². The second-order valence-electron chi connectivity index (χ2n) is 4.25. The average Bonchev–Trinajstić information content (AvgIpc) is 2.53. The zero-order valence-electron chi connectivity index (χ0n) is 11.5. The number of hydrogen-bond acceptors (Lipinski definition) is 4. The second kappa shape index (κ2) is 6.08. The van der Waals surface area contributed by atoms with Gasteiger partial charge in [-0.2, -0.15) is 0 Å². The molecule has 0 saturated heterocycles. The lowest BCUT2D eigenvalue weighted by Gasteiger charge is -2.19. The minimum atomic E-state index is -0.135. The third-order valence-electron chi connectivity index (χ3n) is 3.08. The Balaban J connectivity index is 2.27. The lowest BCUT2D eigenvalue weighted by molar-refractivity contribution is 0.0993. The first-order valence-corrected chi connectivity index (χ1v) is 6.15. The maximum atomic E-state index is 12.5. The smallest absolute Gasteiger partial charge is 0.260 e. The molecule has 0 aliphatic heterocycles. The number of nitrogens with zero attached hydrogens (tertiary/aromatic N) is 1. The van der Waals surface area contributed by atoms with Gasteiger partial charge in [-0.3, -0.25) is 10.6 Å². The average molecular weight is 271 g/mol. The Morgan fingerprint density at radius 1 is 1.15 bits per heavy atom. The van der Waals surface area contributed by atoms with Gasteiger partial charge in [-0.15, -0.1) is 0 Å². The van der Waals surface area contributed by atoms with Crippen LogP contribution in [0.15, 0.2) is 48.5 Å². The fourth-order valence-corrected chi connectivity index (χ4v) is 1.90. The highest BCUT2D eigenvalue weighted by Crippen LogP contribution is 2.22. The normalized spacial score (nSPS) is 9.95. The molecular formula is C15H17N3O2. The third-order valence-corrected chi connectivity index (χ3v) is 3.08. The van der Waals surface area contributed by atoms with Crippen molar-refractivity contribution in [1.82, 2.24) is 0 Å². The molecular weight excluding hydrogens is 254 g/mol. The van der Waals surface area contributed by atoms with Crippen LogP contribution in [0.1, 0.15) is 10.4 Å². The van der Waals surface area contributed by atoms with Gasteiger partial charge in [0, 0.05) is 12.7 Å². The molecule has 5 nitrogen and oxygen atoms in total. The summed E-state index contributed by atoms with van der Waals surface area (Å²) in [5.41, 5.74) is 4.43. The van der Waals surface area contributed by atoms with Gasteiger partial charge in [-0.1, -0.05) is 12.1 Å². The van der Waals surface area contributed by atoms with Crippen LogP contribution in [-0.4, -0.2) is 20.1 Å². The van der Waals surface area contributed by atoms with E-state index >= 15 is 0 Å². The standard InChI is InChI=1S/C15H17N3O2/c1-18(11-7-9-12(20-2)10-8-11)15(19)13-5-3-4-6-14(13)17-16/h3-10,17H,16H2,1-2H3. The van der Waals surface area contributed by atoms with Crippen molar-refractivity contribution in [3.63, 3.8) is 0 Å². The molecule has 0 unspecified atom stereocenters. The Kier molecular flexibility index (Phi) is 4.22. The van der Waals surface area contributed by atoms with Crippen molar-refractivity contribution in [2.75, 3.05) is 24.5 Å². The molecule has 1 amide bonds. The van der Waals surface area contributed by atoms with Gasteiger partial charge in [0.15, 0.2) is 0 Å². The zero-order valence-corrected chi connectivity index (χ0v) is 11.5. The highest BCUT2D eigenvalue weighted by molar-refractivity contribution is 6.09. The molecule has 0 aromatic heterocycles.